The molecule has 2 aromatic carbocycles. The summed E-state index contributed by atoms with van der Waals surface area (Å²) in [5, 5.41) is 4.90. The fourth-order valence-corrected chi connectivity index (χ4v) is 6.94. The number of imidazole rings is 2. The molecule has 3 fully saturated rings. The van der Waals surface area contributed by atoms with Gasteiger partial charge in [-0.25, -0.2) is 14.8 Å². The Morgan fingerprint density at radius 3 is 2.00 bits per heavy atom. The molecule has 15 nitrogen and oxygen atoms in total. The van der Waals surface area contributed by atoms with Crippen LogP contribution in [0.3, 0.4) is 0 Å². The Hall–Kier alpha value is -5.54. The molecule has 1 spiro atoms. The van der Waals surface area contributed by atoms with Crippen molar-refractivity contribution in [2.45, 2.75) is 37.1 Å². The summed E-state index contributed by atoms with van der Waals surface area (Å²) in [5.74, 6) is 0.0540. The summed E-state index contributed by atoms with van der Waals surface area (Å²) in [6.07, 6.45) is 5.48. The molecule has 0 saturated carbocycles. The molecule has 2 atom stereocenters. The second-order valence-electron chi connectivity index (χ2n) is 12.5. The lowest BCUT2D eigenvalue weighted by Crippen LogP contribution is -2.41. The number of H-pyrrole nitrogens is 2. The van der Waals surface area contributed by atoms with Gasteiger partial charge in [-0.05, 0) is 35.1 Å². The molecule has 3 aliphatic rings. The van der Waals surface area contributed by atoms with Crippen LogP contribution in [0.4, 0.5) is 4.79 Å². The minimum Gasteiger partial charge on any atom is -0.453 e. The van der Waals surface area contributed by atoms with Crippen LogP contribution >= 0.6 is 0 Å². The van der Waals surface area contributed by atoms with Crippen molar-refractivity contribution in [2.75, 3.05) is 46.5 Å². The molecule has 3 aliphatic heterocycles. The Labute approximate surface area is 287 Å². The number of carbonyl (C=O) groups is 4. The number of rotatable bonds is 10. The standard InChI is InChI=1S/C35H38N8O7/c1-48-34(47)39-19-31(46)42-12-2-3-28(42)32-37-16-26(40-32)24-8-4-22(5-9-24)23-6-10-25(11-7-23)27-17-38-33(41-27)29-15-35(49-13-14-50-35)20-43(29)30(45)18-36-21-44/h4-11,16-17,21,28-29H,2-3,12-15,18-20H2,1H3,(H,36,44)(H,37,40)(H,38,41)(H,39,47)/t28-,29-/m0/s1. The number of nitrogens with one attached hydrogen (secondary N) is 4. The van der Waals surface area contributed by atoms with Crippen LogP contribution in [0.5, 0.6) is 0 Å². The number of hydrogen-bond acceptors (Lipinski definition) is 9. The van der Waals surface area contributed by atoms with E-state index in [4.69, 9.17) is 9.47 Å². The fraction of sp³-hybridized carbons (Fsp3) is 0.371. The van der Waals surface area contributed by atoms with Crippen LogP contribution in [0, 0.1) is 0 Å². The highest BCUT2D eigenvalue weighted by Gasteiger charge is 2.51. The molecule has 50 heavy (non-hydrogen) atoms. The Kier molecular flexibility index (Phi) is 9.32. The lowest BCUT2D eigenvalue weighted by Gasteiger charge is -2.23. The highest BCUT2D eigenvalue weighted by Crippen LogP contribution is 2.42. The zero-order valence-corrected chi connectivity index (χ0v) is 27.5. The molecule has 2 aromatic heterocycles. The topological polar surface area (TPSA) is 184 Å². The van der Waals surface area contributed by atoms with E-state index in [0.29, 0.717) is 44.2 Å². The van der Waals surface area contributed by atoms with Gasteiger partial charge in [0.15, 0.2) is 5.79 Å². The van der Waals surface area contributed by atoms with Crippen molar-refractivity contribution >= 4 is 24.3 Å². The summed E-state index contributed by atoms with van der Waals surface area (Å²) in [6, 6.07) is 15.7. The smallest absolute Gasteiger partial charge is 0.407 e. The predicted octanol–water partition coefficient (Wildman–Crippen LogP) is 2.92. The van der Waals surface area contributed by atoms with E-state index in [1.165, 1.54) is 7.11 Å². The van der Waals surface area contributed by atoms with E-state index >= 15 is 0 Å². The summed E-state index contributed by atoms with van der Waals surface area (Å²) < 4.78 is 16.3. The first-order valence-electron chi connectivity index (χ1n) is 16.5. The van der Waals surface area contributed by atoms with Crippen molar-refractivity contribution in [1.82, 2.24) is 40.4 Å². The maximum atomic E-state index is 12.9. The third kappa shape index (κ3) is 6.69. The number of amides is 4. The van der Waals surface area contributed by atoms with E-state index < -0.39 is 11.9 Å². The molecule has 0 aliphatic carbocycles. The summed E-state index contributed by atoms with van der Waals surface area (Å²) in [4.78, 5) is 67.3. The molecular weight excluding hydrogens is 644 g/mol. The molecule has 0 bridgehead atoms. The molecule has 4 aromatic rings. The molecule has 5 heterocycles. The highest BCUT2D eigenvalue weighted by molar-refractivity contribution is 5.83. The Morgan fingerprint density at radius 1 is 0.860 bits per heavy atom. The summed E-state index contributed by atoms with van der Waals surface area (Å²) in [5.41, 5.74) is 5.65. The van der Waals surface area contributed by atoms with Crippen molar-refractivity contribution in [3.63, 3.8) is 0 Å². The van der Waals surface area contributed by atoms with Crippen molar-refractivity contribution in [3.8, 4) is 33.6 Å². The third-order valence-corrected chi connectivity index (χ3v) is 9.45. The second-order valence-corrected chi connectivity index (χ2v) is 12.5. The predicted molar refractivity (Wildman–Crippen MR) is 179 cm³/mol. The van der Waals surface area contributed by atoms with Crippen LogP contribution in [-0.2, 0) is 28.6 Å². The number of aromatic amines is 2. The van der Waals surface area contributed by atoms with Gasteiger partial charge in [0.1, 0.15) is 18.2 Å². The monoisotopic (exact) mass is 682 g/mol. The number of methoxy groups -OCH3 is 1. The van der Waals surface area contributed by atoms with Gasteiger partial charge in [0, 0.05) is 13.0 Å². The van der Waals surface area contributed by atoms with Gasteiger partial charge in [0.05, 0.1) is 69.3 Å². The van der Waals surface area contributed by atoms with Crippen molar-refractivity contribution < 1.29 is 33.4 Å². The molecule has 260 valence electrons. The zero-order chi connectivity index (χ0) is 34.7. The normalized spacial score (nSPS) is 19.5. The van der Waals surface area contributed by atoms with Crippen molar-refractivity contribution in [1.29, 1.82) is 0 Å². The molecular formula is C35H38N8O7. The Morgan fingerprint density at radius 2 is 1.42 bits per heavy atom. The van der Waals surface area contributed by atoms with Crippen molar-refractivity contribution in [2.24, 2.45) is 0 Å². The van der Waals surface area contributed by atoms with Gasteiger partial charge < -0.3 is 44.6 Å². The largest absolute Gasteiger partial charge is 0.453 e. The highest BCUT2D eigenvalue weighted by atomic mass is 16.7. The molecule has 0 unspecified atom stereocenters. The summed E-state index contributed by atoms with van der Waals surface area (Å²) in [7, 11) is 1.26. The van der Waals surface area contributed by atoms with Crippen molar-refractivity contribution in [3.05, 3.63) is 72.6 Å². The van der Waals surface area contributed by atoms with E-state index in [0.717, 1.165) is 46.5 Å². The van der Waals surface area contributed by atoms with E-state index in [1.54, 1.807) is 22.2 Å². The number of aromatic nitrogens is 4. The number of benzene rings is 2. The lowest BCUT2D eigenvalue weighted by molar-refractivity contribution is -0.152. The fourth-order valence-electron chi connectivity index (χ4n) is 6.94. The second kappa shape index (κ2) is 14.1. The summed E-state index contributed by atoms with van der Waals surface area (Å²) >= 11 is 0. The number of hydrogen-bond donors (Lipinski definition) is 4. The minimum atomic E-state index is -0.867. The average Bonchev–Trinajstić information content (AvgIpc) is 4.00. The van der Waals surface area contributed by atoms with Crippen LogP contribution in [0.25, 0.3) is 33.6 Å². The SMILES string of the molecule is COC(=O)NCC(=O)N1CCC[C@H]1c1ncc(-c2ccc(-c3ccc(-c4cnc([C@@H]5CC6(CN5C(=O)CNC=O)OCCO6)[nH]4)cc3)cc2)[nH]1. The van der Waals surface area contributed by atoms with Crippen LogP contribution in [0.2, 0.25) is 0 Å². The number of nitrogens with zero attached hydrogens (tertiary/aromatic N) is 4. The van der Waals surface area contributed by atoms with Gasteiger partial charge in [0.2, 0.25) is 18.2 Å². The first kappa shape index (κ1) is 33.0. The first-order chi connectivity index (χ1) is 24.4. The molecule has 7 rings (SSSR count). The molecule has 4 N–H and O–H groups in total. The average molecular weight is 683 g/mol. The van der Waals surface area contributed by atoms with Crippen LogP contribution in [0.1, 0.15) is 43.0 Å². The van der Waals surface area contributed by atoms with Gasteiger partial charge in [-0.2, -0.15) is 0 Å². The van der Waals surface area contributed by atoms with Gasteiger partial charge in [-0.15, -0.1) is 0 Å². The third-order valence-electron chi connectivity index (χ3n) is 9.45. The number of alkyl carbamates (subject to hydrolysis) is 1. The quantitative estimate of drug-likeness (QED) is 0.183. The minimum absolute atomic E-state index is 0.116. The Balaban J connectivity index is 1.01. The van der Waals surface area contributed by atoms with E-state index in [-0.39, 0.29) is 43.5 Å². The number of ether oxygens (including phenoxy) is 3. The zero-order valence-electron chi connectivity index (χ0n) is 27.5. The number of carbonyl (C=O) groups excluding carboxylic acids is 4. The molecule has 0 radical (unpaired) electrons. The van der Waals surface area contributed by atoms with E-state index in [2.05, 4.69) is 47.4 Å². The molecule has 3 saturated heterocycles. The number of likely N-dealkylation sites (tertiary alicyclic amines) is 2. The van der Waals surface area contributed by atoms with Gasteiger partial charge in [0.25, 0.3) is 0 Å². The molecule has 15 heteroatoms. The first-order valence-corrected chi connectivity index (χ1v) is 16.5. The van der Waals surface area contributed by atoms with Gasteiger partial charge >= 0.3 is 6.09 Å². The molecule has 4 amide bonds. The maximum absolute atomic E-state index is 12.9. The van der Waals surface area contributed by atoms with Crippen LogP contribution in [-0.4, -0.2) is 106 Å². The maximum Gasteiger partial charge on any atom is 0.407 e. The van der Waals surface area contributed by atoms with Gasteiger partial charge in [-0.3, -0.25) is 14.4 Å². The van der Waals surface area contributed by atoms with Crippen LogP contribution < -0.4 is 10.6 Å². The van der Waals surface area contributed by atoms with E-state index in [9.17, 15) is 19.2 Å². The van der Waals surface area contributed by atoms with E-state index in [1.807, 2.05) is 36.4 Å². The Bertz CT molecular complexity index is 1850. The summed E-state index contributed by atoms with van der Waals surface area (Å²) in [6.45, 7) is 1.55. The lowest BCUT2D eigenvalue weighted by atomic mass is 10.0. The van der Waals surface area contributed by atoms with Crippen LogP contribution in [0.15, 0.2) is 60.9 Å². The van der Waals surface area contributed by atoms with Gasteiger partial charge in [-0.1, -0.05) is 48.5 Å².